The number of piperidine rings is 1. The first-order valence-corrected chi connectivity index (χ1v) is 9.98. The van der Waals surface area contributed by atoms with Crippen molar-refractivity contribution in [1.82, 2.24) is 10.2 Å². The molecule has 1 fully saturated rings. The van der Waals surface area contributed by atoms with E-state index in [9.17, 15) is 5.11 Å². The van der Waals surface area contributed by atoms with Crippen molar-refractivity contribution in [3.05, 3.63) is 59.7 Å². The van der Waals surface area contributed by atoms with Crippen LogP contribution in [0.5, 0.6) is 11.5 Å². The number of ether oxygens (including phenoxy) is 1. The number of aliphatic imine (C=N–C) groups is 1. The van der Waals surface area contributed by atoms with Gasteiger partial charge in [-0.3, -0.25) is 4.99 Å². The Bertz CT molecular complexity index is 792. The molecule has 0 aromatic heterocycles. The molecule has 1 heterocycles. The number of benzene rings is 2. The molecule has 0 saturated carbocycles. The maximum atomic E-state index is 10.1. The Labute approximate surface area is 168 Å². The molecule has 0 bridgehead atoms. The summed E-state index contributed by atoms with van der Waals surface area (Å²) in [6, 6.07) is 16.3. The van der Waals surface area contributed by atoms with Gasteiger partial charge >= 0.3 is 0 Å². The van der Waals surface area contributed by atoms with Crippen LogP contribution in [-0.4, -0.2) is 49.8 Å². The van der Waals surface area contributed by atoms with Gasteiger partial charge in [0.1, 0.15) is 11.5 Å². The maximum Gasteiger partial charge on any atom is 0.193 e. The standard InChI is InChI=1S/C23H31N3O2/c1-17-16-26(14-12-21(17)18-7-5-4-6-8-18)23(24-2)25-13-11-19-9-10-20(28-3)15-22(19)27/h4-10,15,17,21,27H,11-14,16H2,1-3H3,(H,24,25). The van der Waals surface area contributed by atoms with Crippen LogP contribution >= 0.6 is 0 Å². The quantitative estimate of drug-likeness (QED) is 0.613. The lowest BCUT2D eigenvalue weighted by Crippen LogP contribution is -2.48. The van der Waals surface area contributed by atoms with Gasteiger partial charge in [-0.05, 0) is 41.9 Å². The smallest absolute Gasteiger partial charge is 0.193 e. The number of rotatable bonds is 5. The van der Waals surface area contributed by atoms with E-state index >= 15 is 0 Å². The van der Waals surface area contributed by atoms with Crippen LogP contribution in [0.25, 0.3) is 0 Å². The third-order valence-electron chi connectivity index (χ3n) is 5.61. The predicted octanol–water partition coefficient (Wildman–Crippen LogP) is 3.64. The van der Waals surface area contributed by atoms with Crippen LogP contribution in [-0.2, 0) is 6.42 Å². The molecule has 1 aliphatic heterocycles. The van der Waals surface area contributed by atoms with Crippen LogP contribution in [0.2, 0.25) is 0 Å². The normalized spacial score (nSPS) is 20.1. The van der Waals surface area contributed by atoms with E-state index in [1.165, 1.54) is 5.56 Å². The van der Waals surface area contributed by atoms with Gasteiger partial charge in [0.05, 0.1) is 7.11 Å². The monoisotopic (exact) mass is 381 g/mol. The van der Waals surface area contributed by atoms with E-state index in [1.807, 2.05) is 19.2 Å². The number of likely N-dealkylation sites (tertiary alicyclic amines) is 1. The number of guanidine groups is 1. The lowest BCUT2D eigenvalue weighted by Gasteiger charge is -2.39. The summed E-state index contributed by atoms with van der Waals surface area (Å²) in [4.78, 5) is 6.82. The van der Waals surface area contributed by atoms with Gasteiger partial charge < -0.3 is 20.1 Å². The molecular formula is C23H31N3O2. The van der Waals surface area contributed by atoms with E-state index < -0.39 is 0 Å². The summed E-state index contributed by atoms with van der Waals surface area (Å²) in [5.41, 5.74) is 2.34. The zero-order valence-corrected chi connectivity index (χ0v) is 17.1. The molecule has 0 aliphatic carbocycles. The average molecular weight is 382 g/mol. The Balaban J connectivity index is 1.53. The van der Waals surface area contributed by atoms with Gasteiger partial charge in [-0.2, -0.15) is 0 Å². The number of aromatic hydroxyl groups is 1. The largest absolute Gasteiger partial charge is 0.508 e. The molecule has 2 unspecified atom stereocenters. The highest BCUT2D eigenvalue weighted by Gasteiger charge is 2.28. The third kappa shape index (κ3) is 4.77. The van der Waals surface area contributed by atoms with E-state index in [-0.39, 0.29) is 5.75 Å². The molecule has 0 amide bonds. The van der Waals surface area contributed by atoms with Gasteiger partial charge in [-0.15, -0.1) is 0 Å². The molecule has 2 atom stereocenters. The van der Waals surface area contributed by atoms with Crippen molar-refractivity contribution >= 4 is 5.96 Å². The van der Waals surface area contributed by atoms with Crippen molar-refractivity contribution in [2.75, 3.05) is 33.8 Å². The molecule has 0 spiro atoms. The van der Waals surface area contributed by atoms with Crippen LogP contribution in [0.4, 0.5) is 0 Å². The van der Waals surface area contributed by atoms with Gasteiger partial charge in [0.15, 0.2) is 5.96 Å². The fourth-order valence-electron chi connectivity index (χ4n) is 4.06. The second-order valence-electron chi connectivity index (χ2n) is 7.45. The van der Waals surface area contributed by atoms with Crippen molar-refractivity contribution in [3.63, 3.8) is 0 Å². The fraction of sp³-hybridized carbons (Fsp3) is 0.435. The Morgan fingerprint density at radius 2 is 2.04 bits per heavy atom. The summed E-state index contributed by atoms with van der Waals surface area (Å²) >= 11 is 0. The Hall–Kier alpha value is -2.69. The first-order valence-electron chi connectivity index (χ1n) is 9.98. The summed E-state index contributed by atoms with van der Waals surface area (Å²) in [6.07, 6.45) is 1.86. The number of methoxy groups -OCH3 is 1. The minimum absolute atomic E-state index is 0.272. The molecule has 1 aliphatic rings. The van der Waals surface area contributed by atoms with Gasteiger partial charge in [0.2, 0.25) is 0 Å². The van der Waals surface area contributed by atoms with Crippen LogP contribution in [0, 0.1) is 5.92 Å². The molecule has 3 rings (SSSR count). The summed E-state index contributed by atoms with van der Waals surface area (Å²) in [5, 5.41) is 13.6. The first-order chi connectivity index (χ1) is 13.6. The minimum atomic E-state index is 0.272. The third-order valence-corrected chi connectivity index (χ3v) is 5.61. The molecule has 1 saturated heterocycles. The van der Waals surface area contributed by atoms with Gasteiger partial charge in [-0.25, -0.2) is 0 Å². The van der Waals surface area contributed by atoms with Gasteiger partial charge in [0.25, 0.3) is 0 Å². The Morgan fingerprint density at radius 1 is 1.25 bits per heavy atom. The molecule has 150 valence electrons. The van der Waals surface area contributed by atoms with E-state index in [2.05, 4.69) is 52.5 Å². The van der Waals surface area contributed by atoms with Crippen LogP contribution in [0.3, 0.4) is 0 Å². The topological polar surface area (TPSA) is 57.1 Å². The van der Waals surface area contributed by atoms with Crippen LogP contribution in [0.15, 0.2) is 53.5 Å². The SMILES string of the molecule is CN=C(NCCc1ccc(OC)cc1O)N1CCC(c2ccccc2)C(C)C1. The number of nitrogens with zero attached hydrogens (tertiary/aromatic N) is 2. The van der Waals surface area contributed by atoms with E-state index in [0.717, 1.165) is 44.0 Å². The predicted molar refractivity (Wildman–Crippen MR) is 114 cm³/mol. The summed E-state index contributed by atoms with van der Waals surface area (Å²) in [7, 11) is 3.43. The summed E-state index contributed by atoms with van der Waals surface area (Å²) in [6.45, 7) is 5.04. The number of phenolic OH excluding ortho intramolecular Hbond substituents is 1. The van der Waals surface area contributed by atoms with E-state index in [0.29, 0.717) is 17.6 Å². The minimum Gasteiger partial charge on any atom is -0.508 e. The van der Waals surface area contributed by atoms with Crippen molar-refractivity contribution in [1.29, 1.82) is 0 Å². The van der Waals surface area contributed by atoms with Crippen LogP contribution < -0.4 is 10.1 Å². The molecule has 2 N–H and O–H groups in total. The zero-order valence-electron chi connectivity index (χ0n) is 17.1. The highest BCUT2D eigenvalue weighted by molar-refractivity contribution is 5.80. The molecule has 2 aromatic rings. The fourth-order valence-corrected chi connectivity index (χ4v) is 4.06. The van der Waals surface area contributed by atoms with Crippen molar-refractivity contribution in [2.24, 2.45) is 10.9 Å². The van der Waals surface area contributed by atoms with Crippen molar-refractivity contribution < 1.29 is 9.84 Å². The highest BCUT2D eigenvalue weighted by Crippen LogP contribution is 2.32. The van der Waals surface area contributed by atoms with E-state index in [4.69, 9.17) is 4.74 Å². The number of hydrogen-bond donors (Lipinski definition) is 2. The Kier molecular flexibility index (Phi) is 6.80. The van der Waals surface area contributed by atoms with Crippen molar-refractivity contribution in [3.8, 4) is 11.5 Å². The second-order valence-corrected chi connectivity index (χ2v) is 7.45. The molecule has 2 aromatic carbocycles. The number of phenols is 1. The lowest BCUT2D eigenvalue weighted by molar-refractivity contribution is 0.234. The van der Waals surface area contributed by atoms with Crippen molar-refractivity contribution in [2.45, 2.75) is 25.7 Å². The maximum absolute atomic E-state index is 10.1. The highest BCUT2D eigenvalue weighted by atomic mass is 16.5. The lowest BCUT2D eigenvalue weighted by atomic mass is 9.82. The summed E-state index contributed by atoms with van der Waals surface area (Å²) in [5.74, 6) is 3.05. The van der Waals surface area contributed by atoms with Gasteiger partial charge in [-0.1, -0.05) is 43.3 Å². The molecule has 28 heavy (non-hydrogen) atoms. The average Bonchev–Trinajstić information content (AvgIpc) is 2.72. The zero-order chi connectivity index (χ0) is 19.9. The second kappa shape index (κ2) is 9.49. The van der Waals surface area contributed by atoms with Gasteiger partial charge in [0, 0.05) is 32.7 Å². The van der Waals surface area contributed by atoms with E-state index in [1.54, 1.807) is 13.2 Å². The first kappa shape index (κ1) is 20.1. The molecule has 0 radical (unpaired) electrons. The molecule has 5 nitrogen and oxygen atoms in total. The number of hydrogen-bond acceptors (Lipinski definition) is 3. The molecule has 5 heteroatoms. The molecular weight excluding hydrogens is 350 g/mol. The Morgan fingerprint density at radius 3 is 2.68 bits per heavy atom. The number of nitrogens with one attached hydrogen (secondary N) is 1. The van der Waals surface area contributed by atoms with Crippen LogP contribution in [0.1, 0.15) is 30.4 Å². The summed E-state index contributed by atoms with van der Waals surface area (Å²) < 4.78 is 5.14.